The van der Waals surface area contributed by atoms with Crippen molar-refractivity contribution in [2.24, 2.45) is 0 Å². The van der Waals surface area contributed by atoms with Crippen molar-refractivity contribution in [1.82, 2.24) is 0 Å². The minimum Gasteiger partial charge on any atom is -0.496 e. The van der Waals surface area contributed by atoms with Gasteiger partial charge in [0.1, 0.15) is 5.75 Å². The van der Waals surface area contributed by atoms with Gasteiger partial charge in [-0.2, -0.15) is 0 Å². The van der Waals surface area contributed by atoms with Crippen LogP contribution in [-0.2, 0) is 14.3 Å². The number of fused-ring (bicyclic) bond motifs is 2. The topological polar surface area (TPSA) is 55.8 Å². The average Bonchev–Trinajstić information content (AvgIpc) is 2.93. The fourth-order valence-electron chi connectivity index (χ4n) is 4.06. The maximum Gasteiger partial charge on any atom is 0.339 e. The van der Waals surface area contributed by atoms with E-state index in [-0.39, 0.29) is 5.91 Å². The molecule has 1 aliphatic rings. The molecule has 178 valence electrons. The van der Waals surface area contributed by atoms with Crippen LogP contribution in [0.4, 0.5) is 11.4 Å². The number of amides is 1. The van der Waals surface area contributed by atoms with Crippen molar-refractivity contribution in [3.63, 3.8) is 0 Å². The number of ether oxygens (including phenoxy) is 2. The van der Waals surface area contributed by atoms with E-state index in [0.29, 0.717) is 16.9 Å². The van der Waals surface area contributed by atoms with E-state index in [1.807, 2.05) is 103 Å². The van der Waals surface area contributed by atoms with Crippen LogP contribution >= 0.6 is 11.8 Å². The van der Waals surface area contributed by atoms with Crippen LogP contribution < -0.4 is 9.64 Å². The molecule has 0 N–H and O–H groups in total. The van der Waals surface area contributed by atoms with Crippen LogP contribution in [0, 0.1) is 0 Å². The van der Waals surface area contributed by atoms with Gasteiger partial charge in [-0.3, -0.25) is 9.69 Å². The molecule has 4 aromatic rings. The summed E-state index contributed by atoms with van der Waals surface area (Å²) in [5.74, 6) is -0.282. The van der Waals surface area contributed by atoms with Crippen molar-refractivity contribution in [3.05, 3.63) is 114 Å². The number of rotatable bonds is 6. The molecule has 0 aliphatic carbocycles. The predicted molar refractivity (Wildman–Crippen MR) is 142 cm³/mol. The molecule has 4 aromatic carbocycles. The lowest BCUT2D eigenvalue weighted by atomic mass is 10.0. The zero-order valence-corrected chi connectivity index (χ0v) is 20.4. The Morgan fingerprint density at radius 3 is 2.03 bits per heavy atom. The van der Waals surface area contributed by atoms with Crippen LogP contribution in [0.1, 0.15) is 11.1 Å². The molecule has 36 heavy (non-hydrogen) atoms. The number of hydrogen-bond donors (Lipinski definition) is 0. The van der Waals surface area contributed by atoms with Gasteiger partial charge in [-0.1, -0.05) is 84.6 Å². The van der Waals surface area contributed by atoms with E-state index >= 15 is 0 Å². The van der Waals surface area contributed by atoms with Crippen molar-refractivity contribution < 1.29 is 19.1 Å². The summed E-state index contributed by atoms with van der Waals surface area (Å²) in [7, 11) is 1.58. The van der Waals surface area contributed by atoms with Gasteiger partial charge in [-0.25, -0.2) is 4.79 Å². The van der Waals surface area contributed by atoms with Crippen molar-refractivity contribution >= 4 is 46.7 Å². The minimum absolute atomic E-state index is 0.326. The Morgan fingerprint density at radius 2 is 1.36 bits per heavy atom. The highest BCUT2D eigenvalue weighted by Gasteiger charge is 2.29. The van der Waals surface area contributed by atoms with Gasteiger partial charge in [-0.15, -0.1) is 0 Å². The second-order valence-electron chi connectivity index (χ2n) is 8.01. The zero-order valence-electron chi connectivity index (χ0n) is 19.6. The number of nitrogens with zero attached hydrogens (tertiary/aromatic N) is 1. The van der Waals surface area contributed by atoms with Gasteiger partial charge in [0.15, 0.2) is 6.61 Å². The molecule has 0 saturated heterocycles. The quantitative estimate of drug-likeness (QED) is 0.172. The molecular formula is C30H23NO4S. The number of carbonyl (C=O) groups excluding carboxylic acids is 2. The summed E-state index contributed by atoms with van der Waals surface area (Å²) >= 11 is 1.61. The molecule has 0 fully saturated rings. The zero-order chi connectivity index (χ0) is 24.9. The Morgan fingerprint density at radius 1 is 0.778 bits per heavy atom. The van der Waals surface area contributed by atoms with E-state index in [0.717, 1.165) is 26.7 Å². The molecule has 0 aromatic heterocycles. The first kappa shape index (κ1) is 23.5. The van der Waals surface area contributed by atoms with Gasteiger partial charge in [0.05, 0.1) is 24.1 Å². The van der Waals surface area contributed by atoms with E-state index in [2.05, 4.69) is 0 Å². The van der Waals surface area contributed by atoms with Crippen LogP contribution in [-0.4, -0.2) is 25.6 Å². The third-order valence-electron chi connectivity index (χ3n) is 5.75. The van der Waals surface area contributed by atoms with Gasteiger partial charge < -0.3 is 9.47 Å². The molecule has 0 atom stereocenters. The summed E-state index contributed by atoms with van der Waals surface area (Å²) in [5, 5.41) is 0. The summed E-state index contributed by atoms with van der Waals surface area (Å²) in [6, 6.07) is 32.1. The number of esters is 1. The third-order valence-corrected chi connectivity index (χ3v) is 6.88. The molecule has 5 nitrogen and oxygen atoms in total. The van der Waals surface area contributed by atoms with Gasteiger partial charge in [0.2, 0.25) is 0 Å². The van der Waals surface area contributed by atoms with E-state index in [1.165, 1.54) is 0 Å². The SMILES string of the molecule is COc1ccccc1C=C(C(=O)OCC(=O)N1c2ccccc2Sc2ccccc21)c1ccccc1. The van der Waals surface area contributed by atoms with E-state index in [4.69, 9.17) is 9.47 Å². The Balaban J connectivity index is 1.43. The summed E-state index contributed by atoms with van der Waals surface area (Å²) < 4.78 is 11.0. The summed E-state index contributed by atoms with van der Waals surface area (Å²) in [4.78, 5) is 30.3. The number of methoxy groups -OCH3 is 1. The maximum absolute atomic E-state index is 13.4. The lowest BCUT2D eigenvalue weighted by Crippen LogP contribution is -2.32. The first-order valence-electron chi connectivity index (χ1n) is 11.4. The molecular weight excluding hydrogens is 470 g/mol. The van der Waals surface area contributed by atoms with Crippen molar-refractivity contribution in [2.75, 3.05) is 18.6 Å². The lowest BCUT2D eigenvalue weighted by molar-refractivity contribution is -0.141. The summed E-state index contributed by atoms with van der Waals surface area (Å²) in [5.41, 5.74) is 3.30. The summed E-state index contributed by atoms with van der Waals surface area (Å²) in [6.07, 6.45) is 1.73. The second kappa shape index (κ2) is 10.5. The lowest BCUT2D eigenvalue weighted by Gasteiger charge is -2.30. The van der Waals surface area contributed by atoms with E-state index < -0.39 is 12.6 Å². The van der Waals surface area contributed by atoms with Gasteiger partial charge in [0.25, 0.3) is 5.91 Å². The minimum atomic E-state index is -0.589. The first-order chi connectivity index (χ1) is 17.7. The monoisotopic (exact) mass is 493 g/mol. The Hall–Kier alpha value is -4.29. The highest BCUT2D eigenvalue weighted by molar-refractivity contribution is 7.99. The normalized spacial score (nSPS) is 12.4. The van der Waals surface area contributed by atoms with Crippen molar-refractivity contribution in [1.29, 1.82) is 0 Å². The van der Waals surface area contributed by atoms with Crippen LogP contribution in [0.15, 0.2) is 113 Å². The smallest absolute Gasteiger partial charge is 0.339 e. The van der Waals surface area contributed by atoms with Crippen LogP contribution in [0.3, 0.4) is 0 Å². The predicted octanol–water partition coefficient (Wildman–Crippen LogP) is 6.61. The molecule has 0 saturated carbocycles. The average molecular weight is 494 g/mol. The first-order valence-corrected chi connectivity index (χ1v) is 12.2. The van der Waals surface area contributed by atoms with E-state index in [9.17, 15) is 9.59 Å². The highest BCUT2D eigenvalue weighted by atomic mass is 32.2. The van der Waals surface area contributed by atoms with Gasteiger partial charge in [0, 0.05) is 15.4 Å². The molecule has 1 aliphatic heterocycles. The third kappa shape index (κ3) is 4.76. The molecule has 1 amide bonds. The Labute approximate surface area is 214 Å². The van der Waals surface area contributed by atoms with Crippen LogP contribution in [0.5, 0.6) is 5.75 Å². The maximum atomic E-state index is 13.4. The fraction of sp³-hybridized carbons (Fsp3) is 0.0667. The van der Waals surface area contributed by atoms with Crippen molar-refractivity contribution in [2.45, 2.75) is 9.79 Å². The number of hydrogen-bond acceptors (Lipinski definition) is 5. The molecule has 0 bridgehead atoms. The van der Waals surface area contributed by atoms with Crippen LogP contribution in [0.25, 0.3) is 11.6 Å². The number of para-hydroxylation sites is 3. The summed E-state index contributed by atoms with van der Waals surface area (Å²) in [6.45, 7) is -0.401. The largest absolute Gasteiger partial charge is 0.496 e. The standard InChI is InChI=1S/C30H23NO4S/c1-34-26-16-8-5-13-22(26)19-23(21-11-3-2-4-12-21)30(33)35-20-29(32)31-24-14-6-9-17-27(24)36-28-18-10-7-15-25(28)31/h2-19H,20H2,1H3. The molecule has 1 heterocycles. The molecule has 0 unspecified atom stereocenters. The van der Waals surface area contributed by atoms with Gasteiger partial charge in [-0.05, 0) is 42.0 Å². The highest BCUT2D eigenvalue weighted by Crippen LogP contribution is 2.47. The fourth-order valence-corrected chi connectivity index (χ4v) is 5.12. The Kier molecular flexibility index (Phi) is 6.87. The molecule has 6 heteroatoms. The van der Waals surface area contributed by atoms with Crippen molar-refractivity contribution in [3.8, 4) is 5.75 Å². The number of anilines is 2. The van der Waals surface area contributed by atoms with Crippen LogP contribution in [0.2, 0.25) is 0 Å². The number of carbonyl (C=O) groups is 2. The van der Waals surface area contributed by atoms with E-state index in [1.54, 1.807) is 29.8 Å². The molecule has 5 rings (SSSR count). The number of benzene rings is 4. The molecule has 0 radical (unpaired) electrons. The molecule has 0 spiro atoms. The Bertz CT molecular complexity index is 1400. The second-order valence-corrected chi connectivity index (χ2v) is 9.09. The van der Waals surface area contributed by atoms with Gasteiger partial charge >= 0.3 is 5.97 Å².